The summed E-state index contributed by atoms with van der Waals surface area (Å²) in [5.74, 6) is 0.564. The maximum absolute atomic E-state index is 5.83. The van der Waals surface area contributed by atoms with Crippen molar-refractivity contribution >= 4 is 33.4 Å². The molecule has 4 aromatic rings. The molecule has 6 nitrogen and oxygen atoms in total. The first kappa shape index (κ1) is 13.7. The topological polar surface area (TPSA) is 92.5 Å². The van der Waals surface area contributed by atoms with Gasteiger partial charge in [0.25, 0.3) is 0 Å². The number of para-hydroxylation sites is 1. The van der Waals surface area contributed by atoms with Crippen molar-refractivity contribution in [3.8, 4) is 0 Å². The number of hydrogen-bond acceptors (Lipinski definition) is 5. The highest BCUT2D eigenvalue weighted by atomic mass is 15.1. The molecule has 2 heterocycles. The van der Waals surface area contributed by atoms with Gasteiger partial charge in [0.05, 0.1) is 17.2 Å². The standard InChI is InChI=1S/C17H16N6/c1-10-3-2-4-11-8-19-17(22-16(10)11)21-13-5-12(7-18)14-9-20-23-15(14)6-13/h2-6,8-9H,7,18H2,1H3,(H,20,23)(H,19,21,22). The van der Waals surface area contributed by atoms with Gasteiger partial charge in [-0.2, -0.15) is 5.10 Å². The first-order chi connectivity index (χ1) is 11.2. The molecule has 0 atom stereocenters. The number of hydrogen-bond donors (Lipinski definition) is 3. The van der Waals surface area contributed by atoms with Crippen molar-refractivity contribution in [2.75, 3.05) is 5.32 Å². The molecule has 114 valence electrons. The lowest BCUT2D eigenvalue weighted by atomic mass is 10.1. The van der Waals surface area contributed by atoms with Gasteiger partial charge in [0.2, 0.25) is 5.95 Å². The second-order valence-corrected chi connectivity index (χ2v) is 5.50. The van der Waals surface area contributed by atoms with E-state index < -0.39 is 0 Å². The predicted octanol–water partition coefficient (Wildman–Crippen LogP) is 3.02. The van der Waals surface area contributed by atoms with Gasteiger partial charge in [-0.1, -0.05) is 18.2 Å². The summed E-state index contributed by atoms with van der Waals surface area (Å²) < 4.78 is 0. The van der Waals surface area contributed by atoms with Crippen LogP contribution >= 0.6 is 0 Å². The zero-order valence-electron chi connectivity index (χ0n) is 12.7. The van der Waals surface area contributed by atoms with Gasteiger partial charge in [-0.15, -0.1) is 0 Å². The number of nitrogens with zero attached hydrogens (tertiary/aromatic N) is 3. The van der Waals surface area contributed by atoms with Crippen molar-refractivity contribution in [3.05, 3.63) is 53.9 Å². The summed E-state index contributed by atoms with van der Waals surface area (Å²) in [6.45, 7) is 2.49. The van der Waals surface area contributed by atoms with E-state index in [-0.39, 0.29) is 0 Å². The Hall–Kier alpha value is -2.99. The molecular weight excluding hydrogens is 288 g/mol. The zero-order valence-corrected chi connectivity index (χ0v) is 12.7. The third-order valence-corrected chi connectivity index (χ3v) is 3.93. The number of aromatic nitrogens is 4. The van der Waals surface area contributed by atoms with E-state index in [1.807, 2.05) is 43.5 Å². The smallest absolute Gasteiger partial charge is 0.227 e. The summed E-state index contributed by atoms with van der Waals surface area (Å²) in [4.78, 5) is 9.00. The number of anilines is 2. The van der Waals surface area contributed by atoms with Gasteiger partial charge in [-0.05, 0) is 30.2 Å². The summed E-state index contributed by atoms with van der Waals surface area (Å²) in [7, 11) is 0. The lowest BCUT2D eigenvalue weighted by Crippen LogP contribution is -2.01. The molecule has 0 spiro atoms. The van der Waals surface area contributed by atoms with Crippen LogP contribution in [0.2, 0.25) is 0 Å². The monoisotopic (exact) mass is 304 g/mol. The molecule has 0 unspecified atom stereocenters. The summed E-state index contributed by atoms with van der Waals surface area (Å²) in [6.07, 6.45) is 3.62. The highest BCUT2D eigenvalue weighted by Crippen LogP contribution is 2.24. The van der Waals surface area contributed by atoms with Crippen LogP contribution in [0.15, 0.2) is 42.7 Å². The largest absolute Gasteiger partial charge is 0.326 e. The highest BCUT2D eigenvalue weighted by Gasteiger charge is 2.07. The normalized spacial score (nSPS) is 11.2. The lowest BCUT2D eigenvalue weighted by Gasteiger charge is -2.09. The molecule has 0 aliphatic rings. The van der Waals surface area contributed by atoms with E-state index in [1.165, 1.54) is 0 Å². The average Bonchev–Trinajstić information content (AvgIpc) is 3.03. The summed E-state index contributed by atoms with van der Waals surface area (Å²) in [6, 6.07) is 10.0. The highest BCUT2D eigenvalue weighted by molar-refractivity contribution is 5.86. The Bertz CT molecular complexity index is 1000. The Labute approximate surface area is 132 Å². The minimum absolute atomic E-state index is 0.448. The van der Waals surface area contributed by atoms with Crippen molar-refractivity contribution in [3.63, 3.8) is 0 Å². The van der Waals surface area contributed by atoms with Gasteiger partial charge in [0.1, 0.15) is 0 Å². The predicted molar refractivity (Wildman–Crippen MR) is 91.5 cm³/mol. The van der Waals surface area contributed by atoms with Crippen LogP contribution in [0.4, 0.5) is 11.6 Å². The van der Waals surface area contributed by atoms with Gasteiger partial charge in [-0.3, -0.25) is 5.10 Å². The summed E-state index contributed by atoms with van der Waals surface area (Å²) in [5, 5.41) is 12.4. The molecule has 0 aliphatic carbocycles. The number of rotatable bonds is 3. The molecule has 0 saturated heterocycles. The van der Waals surface area contributed by atoms with Gasteiger partial charge < -0.3 is 11.1 Å². The minimum Gasteiger partial charge on any atom is -0.326 e. The summed E-state index contributed by atoms with van der Waals surface area (Å²) in [5.41, 5.74) is 10.8. The van der Waals surface area contributed by atoms with E-state index in [0.717, 1.165) is 38.6 Å². The van der Waals surface area contributed by atoms with Crippen LogP contribution in [0.1, 0.15) is 11.1 Å². The van der Waals surface area contributed by atoms with E-state index >= 15 is 0 Å². The molecule has 0 saturated carbocycles. The minimum atomic E-state index is 0.448. The van der Waals surface area contributed by atoms with Crippen molar-refractivity contribution < 1.29 is 0 Å². The van der Waals surface area contributed by atoms with E-state index in [2.05, 4.69) is 25.5 Å². The molecule has 4 N–H and O–H groups in total. The molecule has 0 bridgehead atoms. The Morgan fingerprint density at radius 3 is 3.00 bits per heavy atom. The Balaban J connectivity index is 1.76. The molecular formula is C17H16N6. The van der Waals surface area contributed by atoms with E-state index in [1.54, 1.807) is 6.20 Å². The first-order valence-electron chi connectivity index (χ1n) is 7.40. The average molecular weight is 304 g/mol. The van der Waals surface area contributed by atoms with Gasteiger partial charge >= 0.3 is 0 Å². The lowest BCUT2D eigenvalue weighted by molar-refractivity contribution is 1.09. The second kappa shape index (κ2) is 5.33. The molecule has 0 amide bonds. The first-order valence-corrected chi connectivity index (χ1v) is 7.40. The van der Waals surface area contributed by atoms with Crippen LogP contribution in [0.5, 0.6) is 0 Å². The number of H-pyrrole nitrogens is 1. The van der Waals surface area contributed by atoms with Crippen LogP contribution in [0, 0.1) is 6.92 Å². The summed E-state index contributed by atoms with van der Waals surface area (Å²) >= 11 is 0. The van der Waals surface area contributed by atoms with Crippen molar-refractivity contribution in [2.24, 2.45) is 5.73 Å². The van der Waals surface area contributed by atoms with Gasteiger partial charge in [0.15, 0.2) is 0 Å². The van der Waals surface area contributed by atoms with Gasteiger partial charge in [-0.25, -0.2) is 9.97 Å². The number of aromatic amines is 1. The van der Waals surface area contributed by atoms with Crippen molar-refractivity contribution in [2.45, 2.75) is 13.5 Å². The Morgan fingerprint density at radius 1 is 1.22 bits per heavy atom. The van der Waals surface area contributed by atoms with Crippen LogP contribution in [0.3, 0.4) is 0 Å². The Kier molecular flexibility index (Phi) is 3.17. The fourth-order valence-corrected chi connectivity index (χ4v) is 2.76. The maximum Gasteiger partial charge on any atom is 0.227 e. The van der Waals surface area contributed by atoms with Gasteiger partial charge in [0, 0.05) is 29.2 Å². The van der Waals surface area contributed by atoms with E-state index in [9.17, 15) is 0 Å². The molecule has 0 fully saturated rings. The van der Waals surface area contributed by atoms with Crippen LogP contribution in [-0.4, -0.2) is 20.2 Å². The molecule has 23 heavy (non-hydrogen) atoms. The van der Waals surface area contributed by atoms with E-state index in [4.69, 9.17) is 5.73 Å². The molecule has 6 heteroatoms. The molecule has 2 aromatic heterocycles. The quantitative estimate of drug-likeness (QED) is 0.541. The molecule has 2 aromatic carbocycles. The molecule has 0 aliphatic heterocycles. The number of nitrogens with two attached hydrogens (primary N) is 1. The third kappa shape index (κ3) is 2.39. The number of aryl methyl sites for hydroxylation is 1. The van der Waals surface area contributed by atoms with E-state index in [0.29, 0.717) is 12.5 Å². The second-order valence-electron chi connectivity index (χ2n) is 5.50. The van der Waals surface area contributed by atoms with Crippen LogP contribution in [0.25, 0.3) is 21.8 Å². The van der Waals surface area contributed by atoms with Crippen molar-refractivity contribution in [1.82, 2.24) is 20.2 Å². The number of nitrogens with one attached hydrogen (secondary N) is 2. The number of fused-ring (bicyclic) bond motifs is 2. The fraction of sp³-hybridized carbons (Fsp3) is 0.118. The number of benzene rings is 2. The van der Waals surface area contributed by atoms with Crippen LogP contribution < -0.4 is 11.1 Å². The molecule has 0 radical (unpaired) electrons. The third-order valence-electron chi connectivity index (χ3n) is 3.93. The van der Waals surface area contributed by atoms with Crippen molar-refractivity contribution in [1.29, 1.82) is 0 Å². The maximum atomic E-state index is 5.83. The SMILES string of the molecule is Cc1cccc2cnc(Nc3cc(CN)c4cn[nH]c4c3)nc12. The molecule has 4 rings (SSSR count). The fourth-order valence-electron chi connectivity index (χ4n) is 2.76. The van der Waals surface area contributed by atoms with Crippen LogP contribution in [-0.2, 0) is 6.54 Å². The zero-order chi connectivity index (χ0) is 15.8. The Morgan fingerprint density at radius 2 is 2.13 bits per heavy atom.